The van der Waals surface area contributed by atoms with E-state index in [1.807, 2.05) is 0 Å². The fourth-order valence-corrected chi connectivity index (χ4v) is 2.07. The summed E-state index contributed by atoms with van der Waals surface area (Å²) in [4.78, 5) is 28.1. The summed E-state index contributed by atoms with van der Waals surface area (Å²) < 4.78 is 13.2. The lowest BCUT2D eigenvalue weighted by molar-refractivity contribution is -0.384. The van der Waals surface area contributed by atoms with Gasteiger partial charge < -0.3 is 16.8 Å². The van der Waals surface area contributed by atoms with Crippen LogP contribution in [-0.4, -0.2) is 21.4 Å². The number of hydrogen-bond acceptors (Lipinski definition) is 7. The predicted molar refractivity (Wildman–Crippen MR) is 83.5 cm³/mol. The zero-order chi connectivity index (χ0) is 17.0. The molecule has 9 nitrogen and oxygen atoms in total. The van der Waals surface area contributed by atoms with Crippen LogP contribution in [0.4, 0.5) is 27.5 Å². The van der Waals surface area contributed by atoms with E-state index in [0.29, 0.717) is 12.8 Å². The first-order valence-electron chi connectivity index (χ1n) is 6.70. The van der Waals surface area contributed by atoms with E-state index in [4.69, 9.17) is 11.5 Å². The van der Waals surface area contributed by atoms with Gasteiger partial charge in [0.1, 0.15) is 17.3 Å². The summed E-state index contributed by atoms with van der Waals surface area (Å²) in [6.45, 7) is 0.285. The average Bonchev–Trinajstić information content (AvgIpc) is 2.45. The van der Waals surface area contributed by atoms with Crippen molar-refractivity contribution in [2.45, 2.75) is 12.8 Å². The van der Waals surface area contributed by atoms with Gasteiger partial charge in [-0.2, -0.15) is 4.98 Å². The molecule has 122 valence electrons. The molecule has 2 aromatic rings. The summed E-state index contributed by atoms with van der Waals surface area (Å²) in [5.41, 5.74) is 10.7. The van der Waals surface area contributed by atoms with Crippen molar-refractivity contribution in [1.29, 1.82) is 0 Å². The van der Waals surface area contributed by atoms with Crippen LogP contribution >= 0.6 is 0 Å². The van der Waals surface area contributed by atoms with Gasteiger partial charge in [0.2, 0.25) is 5.95 Å². The van der Waals surface area contributed by atoms with Crippen molar-refractivity contribution in [1.82, 2.24) is 9.97 Å². The first-order chi connectivity index (χ1) is 10.9. The first-order valence-corrected chi connectivity index (χ1v) is 6.70. The molecule has 0 aliphatic carbocycles. The second-order valence-corrected chi connectivity index (χ2v) is 4.76. The van der Waals surface area contributed by atoms with E-state index in [1.165, 1.54) is 0 Å². The number of nitro groups is 1. The molecule has 2 rings (SSSR count). The Balaban J connectivity index is 2.00. The van der Waals surface area contributed by atoms with Gasteiger partial charge in [-0.15, -0.1) is 0 Å². The number of anilines is 3. The lowest BCUT2D eigenvalue weighted by Gasteiger charge is -2.08. The number of benzene rings is 1. The van der Waals surface area contributed by atoms with Crippen molar-refractivity contribution in [3.05, 3.63) is 50.0 Å². The van der Waals surface area contributed by atoms with Crippen LogP contribution in [0.25, 0.3) is 0 Å². The van der Waals surface area contributed by atoms with Crippen molar-refractivity contribution in [2.75, 3.05) is 23.3 Å². The van der Waals surface area contributed by atoms with Gasteiger partial charge in [-0.05, 0) is 18.9 Å². The first kappa shape index (κ1) is 16.2. The maximum absolute atomic E-state index is 13.2. The van der Waals surface area contributed by atoms with E-state index in [0.717, 1.165) is 18.2 Å². The van der Waals surface area contributed by atoms with Crippen molar-refractivity contribution < 1.29 is 9.31 Å². The molecular formula is C13H15FN6O3. The number of nitrogens with two attached hydrogens (primary N) is 2. The Morgan fingerprint density at radius 1 is 1.39 bits per heavy atom. The maximum atomic E-state index is 13.2. The third-order valence-electron chi connectivity index (χ3n) is 3.14. The third-order valence-corrected chi connectivity index (χ3v) is 3.14. The Morgan fingerprint density at radius 3 is 2.78 bits per heavy atom. The number of aromatic amines is 1. The standard InChI is InChI=1S/C13H15FN6O3/c14-7-3-4-10(20(22)23)9(6-7)17-5-1-2-8-11(15)18-13(16)19-12(8)21/h3-4,6,17H,1-2,5H2,(H5,15,16,18,19,21). The molecule has 0 unspecified atom stereocenters. The van der Waals surface area contributed by atoms with Gasteiger partial charge in [-0.25, -0.2) is 4.39 Å². The minimum absolute atomic E-state index is 0.0444. The van der Waals surface area contributed by atoms with Crippen molar-refractivity contribution >= 4 is 23.1 Å². The monoisotopic (exact) mass is 322 g/mol. The van der Waals surface area contributed by atoms with E-state index in [2.05, 4.69) is 15.3 Å². The number of nitro benzene ring substituents is 1. The van der Waals surface area contributed by atoms with Gasteiger partial charge in [0, 0.05) is 18.7 Å². The second kappa shape index (κ2) is 6.73. The zero-order valence-corrected chi connectivity index (χ0v) is 12.0. The predicted octanol–water partition coefficient (Wildman–Crippen LogP) is 1.03. The van der Waals surface area contributed by atoms with Gasteiger partial charge in [-0.3, -0.25) is 19.9 Å². The molecule has 1 heterocycles. The fourth-order valence-electron chi connectivity index (χ4n) is 2.07. The number of halogens is 1. The Hall–Kier alpha value is -3.17. The summed E-state index contributed by atoms with van der Waals surface area (Å²) in [7, 11) is 0. The SMILES string of the molecule is Nc1nc(N)c(CCCNc2cc(F)ccc2[N+](=O)[O-])c(=O)[nH]1. The highest BCUT2D eigenvalue weighted by atomic mass is 19.1. The highest BCUT2D eigenvalue weighted by Gasteiger charge is 2.14. The number of nitrogens with one attached hydrogen (secondary N) is 2. The minimum atomic E-state index is -0.603. The van der Waals surface area contributed by atoms with Gasteiger partial charge >= 0.3 is 0 Å². The van der Waals surface area contributed by atoms with Crippen molar-refractivity contribution in [2.24, 2.45) is 0 Å². The molecule has 0 radical (unpaired) electrons. The average molecular weight is 322 g/mol. The molecule has 0 aliphatic rings. The Kier molecular flexibility index (Phi) is 4.74. The number of hydrogen-bond donors (Lipinski definition) is 4. The van der Waals surface area contributed by atoms with Crippen LogP contribution in [0, 0.1) is 15.9 Å². The van der Waals surface area contributed by atoms with Crippen LogP contribution in [0.15, 0.2) is 23.0 Å². The summed E-state index contributed by atoms with van der Waals surface area (Å²) in [6.07, 6.45) is 0.733. The Morgan fingerprint density at radius 2 is 2.13 bits per heavy atom. The summed E-state index contributed by atoms with van der Waals surface area (Å²) in [6, 6.07) is 3.15. The molecule has 0 saturated heterocycles. The molecule has 1 aromatic heterocycles. The molecule has 0 amide bonds. The number of rotatable bonds is 6. The van der Waals surface area contributed by atoms with Gasteiger partial charge in [-0.1, -0.05) is 0 Å². The second-order valence-electron chi connectivity index (χ2n) is 4.76. The molecule has 23 heavy (non-hydrogen) atoms. The molecule has 0 aliphatic heterocycles. The normalized spacial score (nSPS) is 10.5. The molecule has 0 bridgehead atoms. The van der Waals surface area contributed by atoms with Crippen LogP contribution in [-0.2, 0) is 6.42 Å². The lowest BCUT2D eigenvalue weighted by Crippen LogP contribution is -2.20. The molecular weight excluding hydrogens is 307 g/mol. The fraction of sp³-hybridized carbons (Fsp3) is 0.231. The number of nitrogen functional groups attached to an aromatic ring is 2. The highest BCUT2D eigenvalue weighted by Crippen LogP contribution is 2.24. The molecule has 0 saturated carbocycles. The Bertz CT molecular complexity index is 792. The Labute approximate surface area is 129 Å². The lowest BCUT2D eigenvalue weighted by atomic mass is 10.1. The minimum Gasteiger partial charge on any atom is -0.383 e. The molecule has 1 aromatic carbocycles. The van der Waals surface area contributed by atoms with Crippen LogP contribution in [0.2, 0.25) is 0 Å². The zero-order valence-electron chi connectivity index (χ0n) is 12.0. The van der Waals surface area contributed by atoms with Gasteiger partial charge in [0.25, 0.3) is 11.2 Å². The van der Waals surface area contributed by atoms with Crippen LogP contribution < -0.4 is 22.3 Å². The number of aromatic nitrogens is 2. The topological polar surface area (TPSA) is 153 Å². The molecule has 0 fully saturated rings. The summed E-state index contributed by atoms with van der Waals surface area (Å²) in [5, 5.41) is 13.6. The maximum Gasteiger partial charge on any atom is 0.292 e. The molecule has 6 N–H and O–H groups in total. The third kappa shape index (κ3) is 3.93. The van der Waals surface area contributed by atoms with Crippen LogP contribution in [0.1, 0.15) is 12.0 Å². The van der Waals surface area contributed by atoms with Crippen LogP contribution in [0.5, 0.6) is 0 Å². The highest BCUT2D eigenvalue weighted by molar-refractivity contribution is 5.61. The van der Waals surface area contributed by atoms with Crippen molar-refractivity contribution in [3.63, 3.8) is 0 Å². The van der Waals surface area contributed by atoms with E-state index >= 15 is 0 Å². The van der Waals surface area contributed by atoms with Gasteiger partial charge in [0.15, 0.2) is 0 Å². The molecule has 0 atom stereocenters. The van der Waals surface area contributed by atoms with E-state index in [9.17, 15) is 19.3 Å². The largest absolute Gasteiger partial charge is 0.383 e. The molecule has 0 spiro atoms. The molecule has 10 heteroatoms. The summed E-state index contributed by atoms with van der Waals surface area (Å²) >= 11 is 0. The van der Waals surface area contributed by atoms with Crippen molar-refractivity contribution in [3.8, 4) is 0 Å². The smallest absolute Gasteiger partial charge is 0.292 e. The van der Waals surface area contributed by atoms with E-state index in [-0.39, 0.29) is 35.2 Å². The number of H-pyrrole nitrogens is 1. The number of nitrogens with zero attached hydrogens (tertiary/aromatic N) is 2. The van der Waals surface area contributed by atoms with Crippen LogP contribution in [0.3, 0.4) is 0 Å². The summed E-state index contributed by atoms with van der Waals surface area (Å²) in [5.74, 6) is -0.603. The quantitative estimate of drug-likeness (QED) is 0.352. The van der Waals surface area contributed by atoms with E-state index < -0.39 is 16.3 Å². The van der Waals surface area contributed by atoms with E-state index in [1.54, 1.807) is 0 Å². The van der Waals surface area contributed by atoms with Gasteiger partial charge in [0.05, 0.1) is 10.5 Å².